The highest BCUT2D eigenvalue weighted by Crippen LogP contribution is 3.33. The molecule has 0 amide bonds. The summed E-state index contributed by atoms with van der Waals surface area (Å²) in [7, 11) is -3.67. The molecule has 4 spiro atoms. The van der Waals surface area contributed by atoms with Crippen molar-refractivity contribution in [2.75, 3.05) is 0 Å². The molecule has 0 N–H and O–H groups in total. The maximum atomic E-state index is 14.3. The van der Waals surface area contributed by atoms with Crippen LogP contribution in [0.5, 0.6) is 0 Å². The molecule has 0 heterocycles. The van der Waals surface area contributed by atoms with E-state index in [0.29, 0.717) is 0 Å². The lowest BCUT2D eigenvalue weighted by Crippen LogP contribution is -2.59. The zero-order valence-corrected chi connectivity index (χ0v) is 20.1. The standard InChI is InChI=1S/C27H36O3S/c1-21(2,3)30-31(28,29)27-24-17-11-5-9-15-22(24)23(16-10-6-12-18-25(23,24)27)26(22,27)19-20-13-7-4-8-14-20/h4,7-8,13-14H,5-6,9-12,15-19H2,1-3H3. The molecule has 7 aliphatic rings. The first-order chi connectivity index (χ1) is 14.7. The minimum atomic E-state index is -3.67. The molecule has 1 aromatic rings. The van der Waals surface area contributed by atoms with E-state index in [-0.39, 0.29) is 27.1 Å². The molecule has 0 saturated heterocycles. The van der Waals surface area contributed by atoms with E-state index >= 15 is 0 Å². The maximum Gasteiger partial charge on any atom is 0.275 e. The predicted octanol–water partition coefficient (Wildman–Crippen LogP) is 6.03. The summed E-state index contributed by atoms with van der Waals surface area (Å²) in [4.78, 5) is 0. The lowest BCUT2D eigenvalue weighted by Gasteiger charge is -2.49. The number of benzene rings is 1. The van der Waals surface area contributed by atoms with Crippen LogP contribution in [0.25, 0.3) is 0 Å². The molecule has 0 aliphatic heterocycles. The van der Waals surface area contributed by atoms with Crippen LogP contribution in [0.4, 0.5) is 0 Å². The van der Waals surface area contributed by atoms with Crippen molar-refractivity contribution in [3.8, 4) is 0 Å². The average Bonchev–Trinajstić information content (AvgIpc) is 3.34. The zero-order chi connectivity index (χ0) is 21.6. The minimum Gasteiger partial charge on any atom is -0.264 e. The molecule has 0 radical (unpaired) electrons. The van der Waals surface area contributed by atoms with E-state index < -0.39 is 20.5 Å². The van der Waals surface area contributed by atoms with Crippen LogP contribution in [0.3, 0.4) is 0 Å². The SMILES string of the molecule is CC(C)(C)OS(=O)(=O)C12C3(Cc4ccccc4)C45CCCCCC41C21CCCCCC531. The van der Waals surface area contributed by atoms with Crippen LogP contribution in [0.15, 0.2) is 30.3 Å². The van der Waals surface area contributed by atoms with Gasteiger partial charge in [0.25, 0.3) is 10.1 Å². The van der Waals surface area contributed by atoms with Crippen LogP contribution in [0.2, 0.25) is 0 Å². The Balaban J connectivity index is 1.46. The summed E-state index contributed by atoms with van der Waals surface area (Å²) in [6.45, 7) is 5.71. The highest BCUT2D eigenvalue weighted by atomic mass is 32.2. The molecule has 8 rings (SSSR count). The van der Waals surface area contributed by atoms with Gasteiger partial charge in [0.05, 0.1) is 5.60 Å². The first-order valence-corrected chi connectivity index (χ1v) is 14.1. The molecule has 7 aliphatic carbocycles. The highest BCUT2D eigenvalue weighted by Gasteiger charge is 3.37. The minimum absolute atomic E-state index is 0.0205. The summed E-state index contributed by atoms with van der Waals surface area (Å²) in [6, 6.07) is 10.8. The lowest BCUT2D eigenvalue weighted by atomic mass is 9.53. The van der Waals surface area contributed by atoms with Crippen LogP contribution in [0.1, 0.15) is 90.5 Å². The lowest BCUT2D eigenvalue weighted by molar-refractivity contribution is -0.0323. The van der Waals surface area contributed by atoms with Crippen LogP contribution in [0, 0.1) is 27.1 Å². The van der Waals surface area contributed by atoms with Gasteiger partial charge in [-0.1, -0.05) is 68.9 Å². The smallest absolute Gasteiger partial charge is 0.264 e. The summed E-state index contributed by atoms with van der Waals surface area (Å²) >= 11 is 0. The van der Waals surface area contributed by atoms with Crippen molar-refractivity contribution in [2.45, 2.75) is 102 Å². The quantitative estimate of drug-likeness (QED) is 0.537. The van der Waals surface area contributed by atoms with E-state index in [1.807, 2.05) is 20.8 Å². The number of hydrogen-bond acceptors (Lipinski definition) is 3. The normalized spacial score (nSPS) is 51.1. The van der Waals surface area contributed by atoms with Crippen molar-refractivity contribution < 1.29 is 12.6 Å². The summed E-state index contributed by atoms with van der Waals surface area (Å²) in [5.74, 6) is 0. The second kappa shape index (κ2) is 5.12. The maximum absolute atomic E-state index is 14.3. The third-order valence-corrected chi connectivity index (χ3v) is 13.8. The van der Waals surface area contributed by atoms with Crippen LogP contribution in [-0.4, -0.2) is 18.8 Å². The zero-order valence-electron chi connectivity index (χ0n) is 19.3. The van der Waals surface area contributed by atoms with Crippen molar-refractivity contribution in [1.82, 2.24) is 0 Å². The van der Waals surface area contributed by atoms with Crippen molar-refractivity contribution in [2.24, 2.45) is 27.1 Å². The monoisotopic (exact) mass is 440 g/mol. The molecule has 3 nitrogen and oxygen atoms in total. The van der Waals surface area contributed by atoms with Gasteiger partial charge in [-0.15, -0.1) is 0 Å². The fraction of sp³-hybridized carbons (Fsp3) is 0.778. The summed E-state index contributed by atoms with van der Waals surface area (Å²) < 4.78 is 34.1. The molecular weight excluding hydrogens is 404 g/mol. The van der Waals surface area contributed by atoms with E-state index in [9.17, 15) is 8.42 Å². The molecule has 31 heavy (non-hydrogen) atoms. The van der Waals surface area contributed by atoms with Crippen molar-refractivity contribution in [1.29, 1.82) is 0 Å². The first-order valence-electron chi connectivity index (χ1n) is 12.7. The Hall–Kier alpha value is -0.870. The molecule has 7 fully saturated rings. The fourth-order valence-electron chi connectivity index (χ4n) is 12.1. The summed E-state index contributed by atoms with van der Waals surface area (Å²) in [5, 5.41) is 0. The molecular formula is C27H36O3S. The molecule has 0 aromatic heterocycles. The third kappa shape index (κ3) is 1.39. The Kier molecular flexibility index (Phi) is 3.23. The largest absolute Gasteiger partial charge is 0.275 e. The third-order valence-electron chi connectivity index (χ3n) is 11.3. The Morgan fingerprint density at radius 3 is 1.74 bits per heavy atom. The Labute approximate surface area is 187 Å². The second-order valence-electron chi connectivity index (χ2n) is 12.6. The van der Waals surface area contributed by atoms with Crippen LogP contribution < -0.4 is 0 Å². The average molecular weight is 441 g/mol. The predicted molar refractivity (Wildman–Crippen MR) is 121 cm³/mol. The van der Waals surface area contributed by atoms with E-state index in [1.54, 1.807) is 0 Å². The van der Waals surface area contributed by atoms with Crippen molar-refractivity contribution in [3.05, 3.63) is 35.9 Å². The van der Waals surface area contributed by atoms with Gasteiger partial charge in [0.15, 0.2) is 0 Å². The van der Waals surface area contributed by atoms with Crippen LogP contribution >= 0.6 is 0 Å². The molecule has 1 aromatic carbocycles. The van der Waals surface area contributed by atoms with Gasteiger partial charge < -0.3 is 0 Å². The second-order valence-corrected chi connectivity index (χ2v) is 14.3. The van der Waals surface area contributed by atoms with Gasteiger partial charge in [-0.25, -0.2) is 0 Å². The highest BCUT2D eigenvalue weighted by molar-refractivity contribution is 7.89. The van der Waals surface area contributed by atoms with Gasteiger partial charge in [-0.2, -0.15) is 8.42 Å². The van der Waals surface area contributed by atoms with Crippen molar-refractivity contribution in [3.63, 3.8) is 0 Å². The molecule has 4 heteroatoms. The van der Waals surface area contributed by atoms with E-state index in [4.69, 9.17) is 4.18 Å². The van der Waals surface area contributed by atoms with Gasteiger partial charge >= 0.3 is 0 Å². The van der Waals surface area contributed by atoms with E-state index in [0.717, 1.165) is 19.3 Å². The summed E-state index contributed by atoms with van der Waals surface area (Å²) in [6.07, 6.45) is 13.2. The molecule has 7 saturated carbocycles. The van der Waals surface area contributed by atoms with Crippen LogP contribution in [-0.2, 0) is 20.7 Å². The Morgan fingerprint density at radius 2 is 1.26 bits per heavy atom. The van der Waals surface area contributed by atoms with E-state index in [1.165, 1.54) is 56.9 Å². The number of rotatable bonds is 4. The van der Waals surface area contributed by atoms with Gasteiger partial charge in [0, 0.05) is 16.2 Å². The van der Waals surface area contributed by atoms with Gasteiger partial charge in [0.1, 0.15) is 4.75 Å². The Morgan fingerprint density at radius 1 is 0.774 bits per heavy atom. The molecule has 0 bridgehead atoms. The summed E-state index contributed by atoms with van der Waals surface area (Å²) in [5.41, 5.74) is 1.17. The number of hydrogen-bond donors (Lipinski definition) is 0. The van der Waals surface area contributed by atoms with Gasteiger partial charge in [0.2, 0.25) is 0 Å². The topological polar surface area (TPSA) is 43.4 Å². The molecule has 168 valence electrons. The molecule has 4 unspecified atom stereocenters. The molecule has 4 atom stereocenters. The Bertz CT molecular complexity index is 1050. The van der Waals surface area contributed by atoms with Gasteiger partial charge in [-0.05, 0) is 69.3 Å². The fourth-order valence-corrected chi connectivity index (χ4v) is 15.5. The van der Waals surface area contributed by atoms with E-state index in [2.05, 4.69) is 30.3 Å². The first kappa shape index (κ1) is 19.6. The van der Waals surface area contributed by atoms with Crippen molar-refractivity contribution >= 4 is 10.1 Å². The van der Waals surface area contributed by atoms with Gasteiger partial charge in [-0.3, -0.25) is 4.18 Å².